The first-order valence-corrected chi connectivity index (χ1v) is 10.3. The van der Waals surface area contributed by atoms with E-state index in [1.165, 1.54) is 11.3 Å². The number of halogens is 3. The third-order valence-corrected chi connectivity index (χ3v) is 5.88. The molecule has 0 unspecified atom stereocenters. The van der Waals surface area contributed by atoms with Crippen molar-refractivity contribution in [3.05, 3.63) is 86.9 Å². The lowest BCUT2D eigenvalue weighted by molar-refractivity contribution is 0.0999. The van der Waals surface area contributed by atoms with Crippen LogP contribution in [0.3, 0.4) is 0 Å². The number of fused-ring (bicyclic) bond motifs is 1. The van der Waals surface area contributed by atoms with E-state index in [1.807, 2.05) is 43.3 Å². The molecule has 0 aliphatic carbocycles. The maximum Gasteiger partial charge on any atom is 0.264 e. The lowest BCUT2D eigenvalue weighted by Gasteiger charge is -2.22. The van der Waals surface area contributed by atoms with Crippen molar-refractivity contribution in [3.63, 3.8) is 0 Å². The Morgan fingerprint density at radius 1 is 0.929 bits per heavy atom. The fourth-order valence-corrected chi connectivity index (χ4v) is 4.66. The third kappa shape index (κ3) is 3.74. The topological polar surface area (TPSA) is 33.2 Å². The summed E-state index contributed by atoms with van der Waals surface area (Å²) in [6.07, 6.45) is 0. The molecule has 0 saturated carbocycles. The number of carbonyl (C=O) groups excluding carboxylic acids is 1. The summed E-state index contributed by atoms with van der Waals surface area (Å²) in [6.45, 7) is 1.90. The van der Waals surface area contributed by atoms with Crippen molar-refractivity contribution >= 4 is 73.1 Å². The molecule has 0 N–H and O–H groups in total. The first kappa shape index (κ1) is 19.2. The second-order valence-electron chi connectivity index (χ2n) is 6.19. The number of hydrogen-bond donors (Lipinski definition) is 0. The van der Waals surface area contributed by atoms with Gasteiger partial charge in [0.05, 0.1) is 15.9 Å². The van der Waals surface area contributed by atoms with Gasteiger partial charge in [-0.3, -0.25) is 9.69 Å². The second-order valence-corrected chi connectivity index (χ2v) is 8.51. The summed E-state index contributed by atoms with van der Waals surface area (Å²) in [5, 5.41) is 1.96. The summed E-state index contributed by atoms with van der Waals surface area (Å²) in [5.41, 5.74) is 2.76. The molecule has 4 rings (SSSR count). The summed E-state index contributed by atoms with van der Waals surface area (Å²) in [4.78, 5) is 19.8. The summed E-state index contributed by atoms with van der Waals surface area (Å²) in [7, 11) is 0. The van der Waals surface area contributed by atoms with Gasteiger partial charge in [0.25, 0.3) is 5.91 Å². The Bertz CT molecular complexity index is 1150. The number of para-hydroxylation sites is 1. The molecule has 0 bridgehead atoms. The molecule has 1 heterocycles. The summed E-state index contributed by atoms with van der Waals surface area (Å²) >= 11 is 19.8. The monoisotopic (exact) mass is 446 g/mol. The molecular formula is C21H13Cl3N2OS. The molecule has 4 aromatic rings. The highest BCUT2D eigenvalue weighted by atomic mass is 35.5. The summed E-state index contributed by atoms with van der Waals surface area (Å²) in [5.74, 6) is -0.270. The molecule has 0 aliphatic rings. The number of benzene rings is 3. The summed E-state index contributed by atoms with van der Waals surface area (Å²) in [6, 6.07) is 17.9. The van der Waals surface area contributed by atoms with Gasteiger partial charge < -0.3 is 0 Å². The van der Waals surface area contributed by atoms with Crippen molar-refractivity contribution in [1.29, 1.82) is 0 Å². The average Bonchev–Trinajstić information content (AvgIpc) is 3.06. The minimum Gasteiger partial charge on any atom is -0.268 e. The minimum absolute atomic E-state index is 0.270. The fourth-order valence-electron chi connectivity index (χ4n) is 2.93. The van der Waals surface area contributed by atoms with Crippen molar-refractivity contribution in [2.75, 3.05) is 4.90 Å². The zero-order valence-corrected chi connectivity index (χ0v) is 17.7. The van der Waals surface area contributed by atoms with Crippen molar-refractivity contribution in [3.8, 4) is 0 Å². The van der Waals surface area contributed by atoms with Gasteiger partial charge >= 0.3 is 0 Å². The number of carbonyl (C=O) groups is 1. The largest absolute Gasteiger partial charge is 0.268 e. The fraction of sp³-hybridized carbons (Fsp3) is 0.0476. The Morgan fingerprint density at radius 2 is 1.64 bits per heavy atom. The molecule has 7 heteroatoms. The van der Waals surface area contributed by atoms with Crippen molar-refractivity contribution < 1.29 is 4.79 Å². The Morgan fingerprint density at radius 3 is 2.32 bits per heavy atom. The highest BCUT2D eigenvalue weighted by Crippen LogP contribution is 2.37. The number of thiazole rings is 1. The number of anilines is 2. The normalized spacial score (nSPS) is 11.0. The molecule has 1 amide bonds. The highest BCUT2D eigenvalue weighted by molar-refractivity contribution is 7.22. The first-order valence-electron chi connectivity index (χ1n) is 8.34. The number of nitrogens with zero attached hydrogens (tertiary/aromatic N) is 2. The number of aryl methyl sites for hydroxylation is 1. The van der Waals surface area contributed by atoms with Gasteiger partial charge in [-0.25, -0.2) is 4.98 Å². The molecule has 0 atom stereocenters. The van der Waals surface area contributed by atoms with Crippen LogP contribution in [0.5, 0.6) is 0 Å². The Kier molecular flexibility index (Phi) is 5.30. The van der Waals surface area contributed by atoms with Gasteiger partial charge in [0, 0.05) is 20.6 Å². The standard InChI is InChI=1S/C21H13Cl3N2OS/c1-12-8-14(22)6-7-18(12)26(20(27)13-9-15(23)11-16(24)10-13)21-25-17-4-2-3-5-19(17)28-21/h2-11H,1H3. The van der Waals surface area contributed by atoms with Crippen LogP contribution in [0.25, 0.3) is 10.2 Å². The van der Waals surface area contributed by atoms with Crippen molar-refractivity contribution in [2.45, 2.75) is 6.92 Å². The van der Waals surface area contributed by atoms with Crippen LogP contribution in [0, 0.1) is 6.92 Å². The molecule has 0 aliphatic heterocycles. The van der Waals surface area contributed by atoms with E-state index in [2.05, 4.69) is 4.98 Å². The van der Waals surface area contributed by atoms with Gasteiger partial charge in [0.15, 0.2) is 5.13 Å². The van der Waals surface area contributed by atoms with Crippen molar-refractivity contribution in [1.82, 2.24) is 4.98 Å². The maximum absolute atomic E-state index is 13.5. The third-order valence-electron chi connectivity index (χ3n) is 4.19. The SMILES string of the molecule is Cc1cc(Cl)ccc1N(C(=O)c1cc(Cl)cc(Cl)c1)c1nc2ccccc2s1. The van der Waals surface area contributed by atoms with Gasteiger partial charge in [-0.15, -0.1) is 0 Å². The van der Waals surface area contributed by atoms with Crippen LogP contribution >= 0.6 is 46.1 Å². The van der Waals surface area contributed by atoms with Gasteiger partial charge in [-0.1, -0.05) is 58.3 Å². The van der Waals surface area contributed by atoms with E-state index in [9.17, 15) is 4.79 Å². The van der Waals surface area contributed by atoms with Crippen LogP contribution in [-0.4, -0.2) is 10.9 Å². The van der Waals surface area contributed by atoms with Crippen LogP contribution in [0.1, 0.15) is 15.9 Å². The smallest absolute Gasteiger partial charge is 0.264 e. The molecule has 0 radical (unpaired) electrons. The van der Waals surface area contributed by atoms with E-state index >= 15 is 0 Å². The lowest BCUT2D eigenvalue weighted by Crippen LogP contribution is -2.26. The molecule has 140 valence electrons. The Balaban J connectivity index is 1.91. The van der Waals surface area contributed by atoms with Crippen molar-refractivity contribution in [2.24, 2.45) is 0 Å². The van der Waals surface area contributed by atoms with Crippen LogP contribution in [0.15, 0.2) is 60.7 Å². The molecular weight excluding hydrogens is 435 g/mol. The molecule has 3 aromatic carbocycles. The van der Waals surface area contributed by atoms with Gasteiger partial charge in [-0.05, 0) is 61.0 Å². The van der Waals surface area contributed by atoms with E-state index in [-0.39, 0.29) is 5.91 Å². The molecule has 28 heavy (non-hydrogen) atoms. The van der Waals surface area contributed by atoms with E-state index < -0.39 is 0 Å². The second kappa shape index (κ2) is 7.72. The van der Waals surface area contributed by atoms with E-state index in [4.69, 9.17) is 34.8 Å². The van der Waals surface area contributed by atoms with E-state index in [1.54, 1.807) is 29.2 Å². The number of aromatic nitrogens is 1. The number of hydrogen-bond acceptors (Lipinski definition) is 3. The zero-order chi connectivity index (χ0) is 19.8. The highest BCUT2D eigenvalue weighted by Gasteiger charge is 2.25. The van der Waals surface area contributed by atoms with Gasteiger partial charge in [0.1, 0.15) is 0 Å². The zero-order valence-electron chi connectivity index (χ0n) is 14.6. The number of rotatable bonds is 3. The molecule has 0 spiro atoms. The first-order chi connectivity index (χ1) is 13.4. The Labute approximate surface area is 181 Å². The summed E-state index contributed by atoms with van der Waals surface area (Å²) < 4.78 is 0.992. The predicted molar refractivity (Wildman–Crippen MR) is 119 cm³/mol. The lowest BCUT2D eigenvalue weighted by atomic mass is 10.1. The molecule has 1 aromatic heterocycles. The van der Waals surface area contributed by atoms with Crippen LogP contribution in [0.2, 0.25) is 15.1 Å². The molecule has 3 nitrogen and oxygen atoms in total. The Hall–Kier alpha value is -2.11. The maximum atomic E-state index is 13.5. The molecule has 0 saturated heterocycles. The van der Waals surface area contributed by atoms with E-state index in [0.717, 1.165) is 15.8 Å². The predicted octanol–water partition coefficient (Wildman–Crippen LogP) is 7.54. The number of amides is 1. The average molecular weight is 448 g/mol. The molecule has 0 fully saturated rings. The minimum atomic E-state index is -0.270. The van der Waals surface area contributed by atoms with Crippen LogP contribution in [0.4, 0.5) is 10.8 Å². The van der Waals surface area contributed by atoms with Crippen LogP contribution in [-0.2, 0) is 0 Å². The van der Waals surface area contributed by atoms with Gasteiger partial charge in [-0.2, -0.15) is 0 Å². The van der Waals surface area contributed by atoms with E-state index in [0.29, 0.717) is 31.5 Å². The van der Waals surface area contributed by atoms with Crippen LogP contribution < -0.4 is 4.90 Å². The quantitative estimate of drug-likeness (QED) is 0.325. The van der Waals surface area contributed by atoms with Gasteiger partial charge in [0.2, 0.25) is 0 Å².